The Labute approximate surface area is 278 Å². The third-order valence-corrected chi connectivity index (χ3v) is 8.03. The Bertz CT molecular complexity index is 2570. The van der Waals surface area contributed by atoms with Gasteiger partial charge in [0, 0.05) is 50.1 Å². The summed E-state index contributed by atoms with van der Waals surface area (Å²) in [7, 11) is 0. The van der Waals surface area contributed by atoms with E-state index in [-0.39, 0.29) is 0 Å². The Morgan fingerprint density at radius 3 is 1.22 bits per heavy atom. The van der Waals surface area contributed by atoms with Crippen molar-refractivity contribution in [3.63, 3.8) is 0 Å². The van der Waals surface area contributed by atoms with E-state index >= 15 is 0 Å². The number of hydrogen-bond acceptors (Lipinski definition) is 16. The van der Waals surface area contributed by atoms with Crippen molar-refractivity contribution < 1.29 is 69.5 Å². The van der Waals surface area contributed by atoms with Crippen LogP contribution < -0.4 is 11.3 Å². The van der Waals surface area contributed by atoms with Crippen LogP contribution in [0, 0.1) is 5.92 Å². The number of rotatable bonds is 5. The Morgan fingerprint density at radius 2 is 0.860 bits per heavy atom. The van der Waals surface area contributed by atoms with Crippen molar-refractivity contribution in [1.29, 1.82) is 0 Å². The molecule has 0 saturated heterocycles. The zero-order chi connectivity index (χ0) is 37.4. The summed E-state index contributed by atoms with van der Waals surface area (Å²) in [4.78, 5) is 53.1. The van der Waals surface area contributed by atoms with Crippen LogP contribution in [0.1, 0.15) is 55.3 Å². The lowest BCUT2D eigenvalue weighted by molar-refractivity contribution is 0.0938. The molecule has 10 N–H and O–H groups in total. The number of aromatic hydroxyl groups is 10. The van der Waals surface area contributed by atoms with Gasteiger partial charge >= 0.3 is 11.3 Å². The number of benzene rings is 4. The van der Waals surface area contributed by atoms with Gasteiger partial charge in [0.2, 0.25) is 23.0 Å². The van der Waals surface area contributed by atoms with Crippen LogP contribution in [0.4, 0.5) is 0 Å². The molecule has 0 radical (unpaired) electrons. The number of carbonyl (C=O) groups is 2. The SMILES string of the molecule is CC.CC(=O)c1cc(O)c(O)c(O)c1-c1c(O)c(O)c2oc(=O)c3c(-c4c(C(=O)C(C)C)cc(O)c(O)c4O)c(O)c(O)c4oc(=O)c1c2c43. The molecule has 0 unspecified atom stereocenters. The van der Waals surface area contributed by atoms with Gasteiger partial charge in [-0.25, -0.2) is 9.59 Å². The molecule has 0 spiro atoms. The highest BCUT2D eigenvalue weighted by Gasteiger charge is 2.36. The van der Waals surface area contributed by atoms with Crippen molar-refractivity contribution >= 4 is 44.3 Å². The average Bonchev–Trinajstić information content (AvgIpc) is 3.07. The molecule has 0 amide bonds. The fraction of sp³-hybridized carbons (Fsp3) is 0.176. The van der Waals surface area contributed by atoms with Crippen LogP contribution in [-0.4, -0.2) is 62.6 Å². The first-order valence-electron chi connectivity index (χ1n) is 14.7. The zero-order valence-electron chi connectivity index (χ0n) is 26.7. The second-order valence-corrected chi connectivity index (χ2v) is 11.2. The Kier molecular flexibility index (Phi) is 8.07. The summed E-state index contributed by atoms with van der Waals surface area (Å²) in [5.74, 6) is -14.4. The second kappa shape index (κ2) is 11.7. The quantitative estimate of drug-likeness (QED) is 0.0495. The van der Waals surface area contributed by atoms with Crippen LogP contribution in [0.5, 0.6) is 57.5 Å². The van der Waals surface area contributed by atoms with E-state index in [4.69, 9.17) is 8.83 Å². The van der Waals surface area contributed by atoms with Crippen LogP contribution in [0.25, 0.3) is 55.0 Å². The summed E-state index contributed by atoms with van der Waals surface area (Å²) < 4.78 is 10.6. The van der Waals surface area contributed by atoms with E-state index in [1.807, 2.05) is 13.8 Å². The summed E-state index contributed by atoms with van der Waals surface area (Å²) in [5.41, 5.74) is -9.27. The van der Waals surface area contributed by atoms with E-state index in [0.29, 0.717) is 6.07 Å². The van der Waals surface area contributed by atoms with E-state index in [1.54, 1.807) is 0 Å². The molecule has 16 nitrogen and oxygen atoms in total. The van der Waals surface area contributed by atoms with Gasteiger partial charge in [0.25, 0.3) is 0 Å². The van der Waals surface area contributed by atoms with Gasteiger partial charge in [-0.1, -0.05) is 27.7 Å². The molecule has 0 saturated carbocycles. The fourth-order valence-corrected chi connectivity index (χ4v) is 5.84. The summed E-state index contributed by atoms with van der Waals surface area (Å²) in [5, 5.41) is 104. The minimum Gasteiger partial charge on any atom is -0.504 e. The molecule has 0 aliphatic rings. The summed E-state index contributed by atoms with van der Waals surface area (Å²) in [6, 6.07) is 1.42. The lowest BCUT2D eigenvalue weighted by Crippen LogP contribution is -2.12. The van der Waals surface area contributed by atoms with E-state index in [1.165, 1.54) is 13.8 Å². The number of Topliss-reactive ketones (excluding diaryl/α,β-unsaturated/α-hetero) is 2. The molecule has 0 fully saturated rings. The molecule has 260 valence electrons. The highest BCUT2D eigenvalue weighted by atomic mass is 16.4. The molecule has 0 aliphatic carbocycles. The van der Waals surface area contributed by atoms with Crippen LogP contribution in [0.3, 0.4) is 0 Å². The standard InChI is InChI=1S/C32H22O16.C2H6/c1-6(2)20(36)9-5-11(35)22(38)24(40)13(9)15-19-17-16-18(31(45)47-30(17)28(44)26(15)42)14(25(41)27(43)29(16)48-32(19)46)12-8(7(3)33)4-10(34)21(37)23(12)39;1-2/h4-6,34-35,37-44H,1-3H3;1-2H3. The first-order chi connectivity index (χ1) is 23.4. The van der Waals surface area contributed by atoms with Crippen molar-refractivity contribution in [2.75, 3.05) is 0 Å². The van der Waals surface area contributed by atoms with E-state index in [9.17, 15) is 70.2 Å². The summed E-state index contributed by atoms with van der Waals surface area (Å²) >= 11 is 0. The monoisotopic (exact) mass is 692 g/mol. The maximum atomic E-state index is 13.7. The largest absolute Gasteiger partial charge is 0.504 e. The van der Waals surface area contributed by atoms with E-state index < -0.39 is 152 Å². The maximum Gasteiger partial charge on any atom is 0.345 e. The third kappa shape index (κ3) is 4.52. The molecule has 0 atom stereocenters. The van der Waals surface area contributed by atoms with Crippen LogP contribution in [-0.2, 0) is 0 Å². The van der Waals surface area contributed by atoms with Crippen molar-refractivity contribution in [3.8, 4) is 79.7 Å². The highest BCUT2D eigenvalue weighted by Crippen LogP contribution is 2.57. The summed E-state index contributed by atoms with van der Waals surface area (Å²) in [6.07, 6.45) is 0. The number of phenolic OH excluding ortho intramolecular Hbond substituents is 10. The van der Waals surface area contributed by atoms with Crippen molar-refractivity contribution in [2.24, 2.45) is 5.92 Å². The van der Waals surface area contributed by atoms with Gasteiger partial charge in [-0.05, 0) is 19.1 Å². The Hall–Kier alpha value is -6.84. The number of hydrogen-bond donors (Lipinski definition) is 10. The van der Waals surface area contributed by atoms with Crippen molar-refractivity contribution in [2.45, 2.75) is 34.6 Å². The second-order valence-electron chi connectivity index (χ2n) is 11.2. The molecule has 16 heteroatoms. The smallest absolute Gasteiger partial charge is 0.345 e. The molecule has 6 aromatic rings. The summed E-state index contributed by atoms with van der Waals surface area (Å²) in [6.45, 7) is 7.83. The van der Waals surface area contributed by atoms with Crippen LogP contribution >= 0.6 is 0 Å². The normalized spacial score (nSPS) is 11.4. The van der Waals surface area contributed by atoms with Gasteiger partial charge in [-0.2, -0.15) is 0 Å². The molecule has 2 aromatic heterocycles. The number of phenols is 10. The van der Waals surface area contributed by atoms with Gasteiger partial charge in [-0.3, -0.25) is 9.59 Å². The molecule has 2 heterocycles. The molecular weight excluding hydrogens is 664 g/mol. The molecule has 4 aromatic carbocycles. The molecule has 0 aliphatic heterocycles. The van der Waals surface area contributed by atoms with Gasteiger partial charge in [0.1, 0.15) is 0 Å². The van der Waals surface area contributed by atoms with E-state index in [2.05, 4.69) is 0 Å². The average molecular weight is 693 g/mol. The Balaban J connectivity index is 0.00000239. The fourth-order valence-electron chi connectivity index (χ4n) is 5.84. The van der Waals surface area contributed by atoms with E-state index in [0.717, 1.165) is 13.0 Å². The lowest BCUT2D eigenvalue weighted by Gasteiger charge is -2.20. The predicted octanol–water partition coefficient (Wildman–Crippen LogP) is 4.95. The molecule has 6 rings (SSSR count). The topological polar surface area (TPSA) is 297 Å². The van der Waals surface area contributed by atoms with Crippen LogP contribution in [0.2, 0.25) is 0 Å². The first kappa shape index (κ1) is 34.5. The minimum atomic E-state index is -1.49. The van der Waals surface area contributed by atoms with Gasteiger partial charge in [-0.15, -0.1) is 0 Å². The molecule has 50 heavy (non-hydrogen) atoms. The molecule has 0 bridgehead atoms. The minimum absolute atomic E-state index is 0.555. The first-order valence-corrected chi connectivity index (χ1v) is 14.7. The van der Waals surface area contributed by atoms with Crippen LogP contribution in [0.15, 0.2) is 30.6 Å². The third-order valence-electron chi connectivity index (χ3n) is 8.03. The van der Waals surface area contributed by atoms with Gasteiger partial charge in [0.15, 0.2) is 57.2 Å². The number of ketones is 2. The Morgan fingerprint density at radius 1 is 0.520 bits per heavy atom. The van der Waals surface area contributed by atoms with Crippen molar-refractivity contribution in [1.82, 2.24) is 0 Å². The van der Waals surface area contributed by atoms with Gasteiger partial charge < -0.3 is 59.9 Å². The lowest BCUT2D eigenvalue weighted by atomic mass is 9.86. The van der Waals surface area contributed by atoms with Crippen molar-refractivity contribution in [3.05, 3.63) is 44.1 Å². The predicted molar refractivity (Wildman–Crippen MR) is 175 cm³/mol. The van der Waals surface area contributed by atoms with Gasteiger partial charge in [0.05, 0.1) is 10.8 Å². The number of carbonyl (C=O) groups excluding carboxylic acids is 2. The molecular formula is C34H28O16. The maximum absolute atomic E-state index is 13.7. The zero-order valence-corrected chi connectivity index (χ0v) is 26.7. The highest BCUT2D eigenvalue weighted by molar-refractivity contribution is 6.29.